The number of likely N-dealkylation sites (tertiary alicyclic amines) is 1. The largest absolute Gasteiger partial charge is 0.493 e. The van der Waals surface area contributed by atoms with E-state index in [0.717, 1.165) is 41.3 Å². The highest BCUT2D eigenvalue weighted by Gasteiger charge is 2.15. The lowest BCUT2D eigenvalue weighted by atomic mass is 10.1. The van der Waals surface area contributed by atoms with Crippen LogP contribution in [0.25, 0.3) is 27.5 Å². The SMILES string of the molecule is COc1cc2c(cc1OCCN1CCCC1)ncc1c(N)nc(-n3ccnc3)cc12. The summed E-state index contributed by atoms with van der Waals surface area (Å²) in [6.07, 6.45) is 9.55. The van der Waals surface area contributed by atoms with Crippen molar-refractivity contribution < 1.29 is 9.47 Å². The maximum absolute atomic E-state index is 6.23. The molecule has 1 aliphatic heterocycles. The van der Waals surface area contributed by atoms with Gasteiger partial charge in [0.05, 0.1) is 12.6 Å². The van der Waals surface area contributed by atoms with Crippen LogP contribution in [-0.2, 0) is 0 Å². The topological polar surface area (TPSA) is 91.3 Å². The molecular weight excluding hydrogens is 380 g/mol. The van der Waals surface area contributed by atoms with Gasteiger partial charge in [-0.15, -0.1) is 0 Å². The monoisotopic (exact) mass is 404 g/mol. The number of ether oxygens (including phenoxy) is 2. The average Bonchev–Trinajstić information content (AvgIpc) is 3.47. The molecule has 154 valence electrons. The molecule has 4 heterocycles. The number of rotatable bonds is 6. The van der Waals surface area contributed by atoms with Crippen LogP contribution in [0.4, 0.5) is 5.82 Å². The van der Waals surface area contributed by atoms with E-state index in [9.17, 15) is 0 Å². The minimum Gasteiger partial charge on any atom is -0.493 e. The number of hydrogen-bond donors (Lipinski definition) is 1. The van der Waals surface area contributed by atoms with Crippen molar-refractivity contribution in [2.45, 2.75) is 12.8 Å². The first-order valence-electron chi connectivity index (χ1n) is 10.1. The van der Waals surface area contributed by atoms with Crippen LogP contribution >= 0.6 is 0 Å². The Morgan fingerprint density at radius 3 is 2.70 bits per heavy atom. The highest BCUT2D eigenvalue weighted by Crippen LogP contribution is 2.36. The summed E-state index contributed by atoms with van der Waals surface area (Å²) < 4.78 is 13.5. The molecule has 5 rings (SSSR count). The van der Waals surface area contributed by atoms with Gasteiger partial charge in [-0.1, -0.05) is 0 Å². The maximum Gasteiger partial charge on any atom is 0.163 e. The van der Waals surface area contributed by atoms with Crippen molar-refractivity contribution in [2.24, 2.45) is 0 Å². The number of pyridine rings is 2. The van der Waals surface area contributed by atoms with Crippen LogP contribution in [0.15, 0.2) is 43.1 Å². The molecule has 1 fully saturated rings. The van der Waals surface area contributed by atoms with Crippen molar-refractivity contribution in [3.8, 4) is 17.3 Å². The van der Waals surface area contributed by atoms with Crippen LogP contribution in [0, 0.1) is 0 Å². The number of nitrogen functional groups attached to an aromatic ring is 1. The van der Waals surface area contributed by atoms with Crippen LogP contribution in [0.3, 0.4) is 0 Å². The minimum absolute atomic E-state index is 0.426. The zero-order valence-corrected chi connectivity index (χ0v) is 16.9. The first-order valence-corrected chi connectivity index (χ1v) is 10.1. The van der Waals surface area contributed by atoms with Crippen LogP contribution in [-0.4, -0.2) is 57.8 Å². The molecule has 1 saturated heterocycles. The van der Waals surface area contributed by atoms with Crippen molar-refractivity contribution in [1.82, 2.24) is 24.4 Å². The van der Waals surface area contributed by atoms with Gasteiger partial charge in [0.25, 0.3) is 0 Å². The predicted octanol–water partition coefficient (Wildman–Crippen LogP) is 3.03. The number of methoxy groups -OCH3 is 1. The summed E-state index contributed by atoms with van der Waals surface area (Å²) in [5.74, 6) is 2.51. The van der Waals surface area contributed by atoms with Gasteiger partial charge in [0.2, 0.25) is 0 Å². The zero-order valence-electron chi connectivity index (χ0n) is 16.9. The van der Waals surface area contributed by atoms with E-state index in [2.05, 4.69) is 19.9 Å². The van der Waals surface area contributed by atoms with E-state index in [-0.39, 0.29) is 0 Å². The molecule has 3 aromatic heterocycles. The fraction of sp³-hybridized carbons (Fsp3) is 0.318. The number of anilines is 1. The van der Waals surface area contributed by atoms with Crippen molar-refractivity contribution in [3.05, 3.63) is 43.1 Å². The van der Waals surface area contributed by atoms with Crippen molar-refractivity contribution >= 4 is 27.5 Å². The zero-order chi connectivity index (χ0) is 20.5. The highest BCUT2D eigenvalue weighted by atomic mass is 16.5. The summed E-state index contributed by atoms with van der Waals surface area (Å²) in [5.41, 5.74) is 7.06. The van der Waals surface area contributed by atoms with Crippen molar-refractivity contribution in [2.75, 3.05) is 39.1 Å². The van der Waals surface area contributed by atoms with E-state index in [4.69, 9.17) is 15.2 Å². The summed E-state index contributed by atoms with van der Waals surface area (Å²) >= 11 is 0. The molecule has 8 heteroatoms. The van der Waals surface area contributed by atoms with Gasteiger partial charge < -0.3 is 15.2 Å². The Hall–Kier alpha value is -3.39. The smallest absolute Gasteiger partial charge is 0.163 e. The number of hydrogen-bond acceptors (Lipinski definition) is 7. The van der Waals surface area contributed by atoms with E-state index in [1.807, 2.05) is 29.0 Å². The van der Waals surface area contributed by atoms with Crippen LogP contribution in [0.2, 0.25) is 0 Å². The van der Waals surface area contributed by atoms with E-state index < -0.39 is 0 Å². The second kappa shape index (κ2) is 7.79. The van der Waals surface area contributed by atoms with Gasteiger partial charge in [0.15, 0.2) is 11.5 Å². The number of nitrogens with zero attached hydrogens (tertiary/aromatic N) is 5. The lowest BCUT2D eigenvalue weighted by Crippen LogP contribution is -2.25. The van der Waals surface area contributed by atoms with Crippen LogP contribution < -0.4 is 15.2 Å². The lowest BCUT2D eigenvalue weighted by molar-refractivity contribution is 0.230. The third kappa shape index (κ3) is 3.39. The van der Waals surface area contributed by atoms with E-state index in [1.165, 1.54) is 12.8 Å². The Morgan fingerprint density at radius 2 is 1.93 bits per heavy atom. The fourth-order valence-electron chi connectivity index (χ4n) is 4.02. The lowest BCUT2D eigenvalue weighted by Gasteiger charge is -2.17. The second-order valence-electron chi connectivity index (χ2n) is 7.47. The first kappa shape index (κ1) is 18.6. The van der Waals surface area contributed by atoms with Gasteiger partial charge in [0, 0.05) is 47.4 Å². The molecule has 0 unspecified atom stereocenters. The quantitative estimate of drug-likeness (QED) is 0.494. The van der Waals surface area contributed by atoms with Crippen LogP contribution in [0.5, 0.6) is 11.5 Å². The fourth-order valence-corrected chi connectivity index (χ4v) is 4.02. The predicted molar refractivity (Wildman–Crippen MR) is 116 cm³/mol. The van der Waals surface area contributed by atoms with E-state index >= 15 is 0 Å². The van der Waals surface area contributed by atoms with Gasteiger partial charge in [-0.25, -0.2) is 9.97 Å². The van der Waals surface area contributed by atoms with E-state index in [0.29, 0.717) is 29.7 Å². The molecule has 0 aliphatic carbocycles. The molecule has 0 atom stereocenters. The molecule has 1 aliphatic rings. The number of benzene rings is 1. The Labute approximate surface area is 174 Å². The Balaban J connectivity index is 1.54. The summed E-state index contributed by atoms with van der Waals surface area (Å²) in [6, 6.07) is 5.89. The van der Waals surface area contributed by atoms with Crippen molar-refractivity contribution in [1.29, 1.82) is 0 Å². The normalized spacial score (nSPS) is 14.6. The Kier molecular flexibility index (Phi) is 4.84. The van der Waals surface area contributed by atoms with Gasteiger partial charge in [-0.05, 0) is 38.1 Å². The third-order valence-electron chi connectivity index (χ3n) is 5.61. The summed E-state index contributed by atoms with van der Waals surface area (Å²) in [7, 11) is 1.65. The highest BCUT2D eigenvalue weighted by molar-refractivity contribution is 6.09. The van der Waals surface area contributed by atoms with Gasteiger partial charge >= 0.3 is 0 Å². The number of imidazole rings is 1. The van der Waals surface area contributed by atoms with Gasteiger partial charge in [-0.3, -0.25) is 14.5 Å². The second-order valence-corrected chi connectivity index (χ2v) is 7.47. The van der Waals surface area contributed by atoms with Crippen molar-refractivity contribution in [3.63, 3.8) is 0 Å². The molecule has 0 spiro atoms. The molecule has 0 radical (unpaired) electrons. The molecule has 1 aromatic carbocycles. The molecule has 2 N–H and O–H groups in total. The van der Waals surface area contributed by atoms with E-state index in [1.54, 1.807) is 25.8 Å². The molecule has 8 nitrogen and oxygen atoms in total. The molecule has 30 heavy (non-hydrogen) atoms. The first-order chi connectivity index (χ1) is 14.7. The molecule has 0 saturated carbocycles. The molecule has 0 amide bonds. The Morgan fingerprint density at radius 1 is 1.07 bits per heavy atom. The summed E-state index contributed by atoms with van der Waals surface area (Å²) in [5, 5.41) is 2.70. The number of nitrogens with two attached hydrogens (primary N) is 1. The van der Waals surface area contributed by atoms with Crippen LogP contribution in [0.1, 0.15) is 12.8 Å². The summed E-state index contributed by atoms with van der Waals surface area (Å²) in [6.45, 7) is 3.85. The average molecular weight is 404 g/mol. The molecule has 4 aromatic rings. The molecular formula is C22H24N6O2. The summed E-state index contributed by atoms with van der Waals surface area (Å²) in [4.78, 5) is 15.6. The van der Waals surface area contributed by atoms with Gasteiger partial charge in [-0.2, -0.15) is 0 Å². The molecule has 0 bridgehead atoms. The third-order valence-corrected chi connectivity index (χ3v) is 5.61. The number of fused-ring (bicyclic) bond motifs is 3. The standard InChI is InChI=1S/C22H24N6O2/c1-29-19-10-16-15-11-21(28-7-4-24-14-28)26-22(23)17(15)13-25-18(16)12-20(19)30-9-8-27-5-2-3-6-27/h4,7,10-14H,2-3,5-6,8-9H2,1H3,(H2,23,26). The maximum atomic E-state index is 6.23. The van der Waals surface area contributed by atoms with Gasteiger partial charge in [0.1, 0.15) is 24.6 Å². The minimum atomic E-state index is 0.426. The Bertz CT molecular complexity index is 1190. The number of aromatic nitrogens is 4.